The minimum absolute atomic E-state index is 0.0157. The summed E-state index contributed by atoms with van der Waals surface area (Å²) < 4.78 is 36.4. The van der Waals surface area contributed by atoms with E-state index in [9.17, 15) is 34.5 Å². The molecule has 4 N–H and O–H groups in total. The van der Waals surface area contributed by atoms with Gasteiger partial charge in [-0.1, -0.05) is 62.4 Å². The van der Waals surface area contributed by atoms with Crippen LogP contribution in [-0.4, -0.2) is 111 Å². The Morgan fingerprint density at radius 2 is 1.54 bits per heavy atom. The van der Waals surface area contributed by atoms with Crippen LogP contribution in [0.4, 0.5) is 4.79 Å². The smallest absolute Gasteiger partial charge is 0.408 e. The molecule has 0 radical (unpaired) electrons. The van der Waals surface area contributed by atoms with Gasteiger partial charge in [0.25, 0.3) is 0 Å². The molecule has 2 aromatic carbocycles. The van der Waals surface area contributed by atoms with Crippen molar-refractivity contribution in [2.24, 2.45) is 16.7 Å². The number of ether oxygens (including phenoxy) is 6. The number of aliphatic hydroxyl groups is 3. The number of benzene rings is 2. The van der Waals surface area contributed by atoms with Crippen LogP contribution >= 0.6 is 0 Å². The highest BCUT2D eigenvalue weighted by atomic mass is 16.6. The molecule has 61 heavy (non-hydrogen) atoms. The molecule has 1 saturated heterocycles. The van der Waals surface area contributed by atoms with Crippen molar-refractivity contribution < 1.29 is 67.7 Å². The van der Waals surface area contributed by atoms with Crippen molar-refractivity contribution in [3.05, 3.63) is 82.9 Å². The van der Waals surface area contributed by atoms with Crippen LogP contribution in [-0.2, 0) is 42.8 Å². The molecule has 3 aliphatic carbocycles. The summed E-state index contributed by atoms with van der Waals surface area (Å²) in [5.74, 6) is -5.00. The molecule has 2 saturated carbocycles. The molecule has 1 aliphatic heterocycles. The normalized spacial score (nSPS) is 32.7. The summed E-state index contributed by atoms with van der Waals surface area (Å²) in [7, 11) is 0. The van der Waals surface area contributed by atoms with Gasteiger partial charge in [0.15, 0.2) is 17.5 Å². The lowest BCUT2D eigenvalue weighted by atomic mass is 9.44. The van der Waals surface area contributed by atoms with E-state index in [4.69, 9.17) is 28.4 Å². The van der Waals surface area contributed by atoms with Gasteiger partial charge in [0.1, 0.15) is 35.6 Å². The third kappa shape index (κ3) is 8.11. The lowest BCUT2D eigenvalue weighted by molar-refractivity contribution is -0.346. The molecule has 11 atom stereocenters. The molecule has 0 aromatic heterocycles. The summed E-state index contributed by atoms with van der Waals surface area (Å²) in [4.78, 5) is 70.3. The molecule has 332 valence electrons. The van der Waals surface area contributed by atoms with Crippen molar-refractivity contribution in [2.45, 2.75) is 148 Å². The molecule has 0 spiro atoms. The van der Waals surface area contributed by atoms with Crippen molar-refractivity contribution in [2.75, 3.05) is 6.61 Å². The number of alkyl carbamates (subject to hydrolysis) is 1. The van der Waals surface area contributed by atoms with E-state index in [2.05, 4.69) is 5.32 Å². The zero-order chi connectivity index (χ0) is 45.0. The number of hydrogen-bond acceptors (Lipinski definition) is 14. The Bertz CT molecular complexity index is 2040. The first kappa shape index (κ1) is 45.8. The summed E-state index contributed by atoms with van der Waals surface area (Å²) >= 11 is 0. The predicted octanol–water partition coefficient (Wildman–Crippen LogP) is 4.69. The number of esters is 3. The number of Topliss-reactive ketones (excluding diaryl/α,β-unsaturated/α-hetero) is 1. The lowest BCUT2D eigenvalue weighted by Gasteiger charge is -2.67. The Labute approximate surface area is 356 Å². The second-order valence-electron chi connectivity index (χ2n) is 18.7. The SMILES string of the molecule is CC(=O)O[C@@]12COC1C[C@H](O)[C@@]1(C)C(=O)[C@H](O)C3=C(C)[C@@H](OC(=O)[C@H](OC(C)C)[C@@H](NC(=O)OC(C)(C)C)c4ccccc4)C[C@@](O)([C@@H](OC(=O)c4ccccc4)C21)C3(C)C. The van der Waals surface area contributed by atoms with Crippen LogP contribution in [0.2, 0.25) is 0 Å². The number of rotatable bonds is 10. The number of carbonyl (C=O) groups is 5. The van der Waals surface area contributed by atoms with Crippen molar-refractivity contribution in [1.29, 1.82) is 0 Å². The van der Waals surface area contributed by atoms with Gasteiger partial charge < -0.3 is 49.1 Å². The number of nitrogens with one attached hydrogen (secondary N) is 1. The van der Waals surface area contributed by atoms with E-state index in [1.807, 2.05) is 0 Å². The zero-order valence-corrected chi connectivity index (χ0v) is 36.4. The van der Waals surface area contributed by atoms with Crippen molar-refractivity contribution in [3.63, 3.8) is 0 Å². The first-order valence-corrected chi connectivity index (χ1v) is 20.7. The predicted molar refractivity (Wildman–Crippen MR) is 218 cm³/mol. The Kier molecular flexibility index (Phi) is 12.4. The van der Waals surface area contributed by atoms with Gasteiger partial charge in [-0.25, -0.2) is 14.4 Å². The monoisotopic (exact) mass is 849 g/mol. The lowest BCUT2D eigenvalue weighted by Crippen LogP contribution is -2.81. The highest BCUT2D eigenvalue weighted by molar-refractivity contribution is 5.94. The molecule has 1 amide bonds. The van der Waals surface area contributed by atoms with Gasteiger partial charge >= 0.3 is 24.0 Å². The summed E-state index contributed by atoms with van der Waals surface area (Å²) in [6.07, 6.45) is -11.2. The van der Waals surface area contributed by atoms with Crippen LogP contribution in [0.1, 0.15) is 104 Å². The molecule has 4 aliphatic rings. The fraction of sp³-hybridized carbons (Fsp3) is 0.587. The van der Waals surface area contributed by atoms with Crippen LogP contribution in [0.3, 0.4) is 0 Å². The van der Waals surface area contributed by atoms with Gasteiger partial charge in [-0.05, 0) is 77.3 Å². The number of aliphatic hydroxyl groups excluding tert-OH is 2. The zero-order valence-electron chi connectivity index (χ0n) is 36.4. The average molecular weight is 850 g/mol. The Morgan fingerprint density at radius 1 is 0.934 bits per heavy atom. The van der Waals surface area contributed by atoms with Crippen LogP contribution in [0, 0.1) is 16.7 Å². The van der Waals surface area contributed by atoms with E-state index in [0.717, 1.165) is 0 Å². The van der Waals surface area contributed by atoms with Gasteiger partial charge in [-0.3, -0.25) is 9.59 Å². The topological polar surface area (TPSA) is 213 Å². The van der Waals surface area contributed by atoms with Crippen molar-refractivity contribution in [3.8, 4) is 0 Å². The minimum Gasteiger partial charge on any atom is -0.456 e. The van der Waals surface area contributed by atoms with E-state index in [1.165, 1.54) is 26.0 Å². The summed E-state index contributed by atoms with van der Waals surface area (Å²) in [6, 6.07) is 15.4. The van der Waals surface area contributed by atoms with Gasteiger partial charge in [-0.15, -0.1) is 0 Å². The van der Waals surface area contributed by atoms with E-state index < -0.39 is 119 Å². The Balaban J connectivity index is 1.52. The number of fused-ring (bicyclic) bond motifs is 5. The maximum atomic E-state index is 15.1. The molecular formula is C46H59NO14. The van der Waals surface area contributed by atoms with Crippen molar-refractivity contribution in [1.82, 2.24) is 5.32 Å². The Morgan fingerprint density at radius 3 is 2.08 bits per heavy atom. The maximum absolute atomic E-state index is 15.1. The highest BCUT2D eigenvalue weighted by Crippen LogP contribution is 2.64. The number of carbonyl (C=O) groups excluding carboxylic acids is 5. The third-order valence-corrected chi connectivity index (χ3v) is 13.0. The fourth-order valence-corrected chi connectivity index (χ4v) is 9.97. The summed E-state index contributed by atoms with van der Waals surface area (Å²) in [6.45, 7) is 15.5. The van der Waals surface area contributed by atoms with Crippen LogP contribution in [0.25, 0.3) is 0 Å². The molecule has 2 unspecified atom stereocenters. The third-order valence-electron chi connectivity index (χ3n) is 13.0. The standard InChI is InChI=1S/C46H59NO14/c1-24(2)57-35(33(27-17-13-11-14-18-27)47-41(54)61-42(5,6)7)40(53)58-29-22-46(55)38(59-39(52)28-19-15-12-16-20-28)36-44(10,37(51)34(50)32(25(29)3)43(46,8)9)30(49)21-31-45(36,23-56-31)60-26(4)48/h11-20,24,29-31,33-36,38,49-50,55H,21-23H2,1-10H3,(H,47,54)/t29-,30-,31?,33-,34+,35+,36?,38-,44+,45-,46+/m0/s1. The summed E-state index contributed by atoms with van der Waals surface area (Å²) in [5, 5.41) is 40.6. The van der Waals surface area contributed by atoms with E-state index in [-0.39, 0.29) is 29.7 Å². The maximum Gasteiger partial charge on any atom is 0.408 e. The molecule has 3 fully saturated rings. The summed E-state index contributed by atoms with van der Waals surface area (Å²) in [5.41, 5.74) is -7.74. The molecule has 15 nitrogen and oxygen atoms in total. The Hall–Kier alpha value is -4.67. The van der Waals surface area contributed by atoms with Gasteiger partial charge in [0, 0.05) is 25.2 Å². The molecule has 2 bridgehead atoms. The molecular weight excluding hydrogens is 790 g/mol. The number of amides is 1. The molecule has 2 aromatic rings. The van der Waals surface area contributed by atoms with E-state index >= 15 is 4.79 Å². The minimum atomic E-state index is -2.32. The first-order valence-electron chi connectivity index (χ1n) is 20.7. The molecule has 15 heteroatoms. The second-order valence-corrected chi connectivity index (χ2v) is 18.7. The number of hydrogen-bond donors (Lipinski definition) is 4. The van der Waals surface area contributed by atoms with Crippen molar-refractivity contribution >= 4 is 29.8 Å². The second kappa shape index (κ2) is 16.6. The van der Waals surface area contributed by atoms with Crippen LogP contribution in [0.5, 0.6) is 0 Å². The van der Waals surface area contributed by atoms with Crippen LogP contribution in [0.15, 0.2) is 71.8 Å². The number of ketones is 1. The highest BCUT2D eigenvalue weighted by Gasteiger charge is 2.78. The fourth-order valence-electron chi connectivity index (χ4n) is 9.97. The van der Waals surface area contributed by atoms with E-state index in [1.54, 1.807) is 104 Å². The average Bonchev–Trinajstić information content (AvgIpc) is 3.17. The quantitative estimate of drug-likeness (QED) is 0.145. The molecule has 1 heterocycles. The van der Waals surface area contributed by atoms with Gasteiger partial charge in [0.05, 0.1) is 41.8 Å². The largest absolute Gasteiger partial charge is 0.456 e. The van der Waals surface area contributed by atoms with E-state index in [0.29, 0.717) is 5.56 Å². The van der Waals surface area contributed by atoms with Crippen LogP contribution < -0.4 is 5.32 Å². The first-order chi connectivity index (χ1) is 28.4. The van der Waals surface area contributed by atoms with Gasteiger partial charge in [0.2, 0.25) is 0 Å². The molecule has 6 rings (SSSR count). The van der Waals surface area contributed by atoms with Gasteiger partial charge in [-0.2, -0.15) is 0 Å².